The Balaban J connectivity index is 1.59. The molecule has 3 amide bonds. The fourth-order valence-corrected chi connectivity index (χ4v) is 5.42. The Morgan fingerprint density at radius 1 is 1.18 bits per heavy atom. The predicted molar refractivity (Wildman–Crippen MR) is 130 cm³/mol. The van der Waals surface area contributed by atoms with Gasteiger partial charge in [-0.05, 0) is 48.7 Å². The number of hydrogen-bond donors (Lipinski definition) is 2. The van der Waals surface area contributed by atoms with E-state index in [1.165, 1.54) is 4.90 Å². The van der Waals surface area contributed by atoms with Gasteiger partial charge in [-0.2, -0.15) is 0 Å². The van der Waals surface area contributed by atoms with Gasteiger partial charge in [0.25, 0.3) is 5.91 Å². The SMILES string of the molecule is CC(C)CNCCN1C(=O)N2[C@H](c3ccccc3)c3[nH]c4ccc(Cl)cc4c3C[C@@]2(C)C1=O. The topological polar surface area (TPSA) is 68.4 Å². The van der Waals surface area contributed by atoms with E-state index < -0.39 is 5.54 Å². The lowest BCUT2D eigenvalue weighted by molar-refractivity contribution is -0.133. The smallest absolute Gasteiger partial charge is 0.328 e. The molecule has 2 aliphatic rings. The van der Waals surface area contributed by atoms with Gasteiger partial charge >= 0.3 is 6.03 Å². The van der Waals surface area contributed by atoms with Crippen LogP contribution in [0.2, 0.25) is 5.02 Å². The van der Waals surface area contributed by atoms with Gasteiger partial charge in [-0.1, -0.05) is 55.8 Å². The molecular formula is C26H29ClN4O2. The minimum atomic E-state index is -0.958. The first-order valence-electron chi connectivity index (χ1n) is 11.5. The summed E-state index contributed by atoms with van der Waals surface area (Å²) in [6, 6.07) is 15.1. The van der Waals surface area contributed by atoms with E-state index in [1.807, 2.05) is 55.5 Å². The van der Waals surface area contributed by atoms with Gasteiger partial charge in [0, 0.05) is 41.1 Å². The van der Waals surface area contributed by atoms with Crippen LogP contribution in [-0.4, -0.2) is 51.9 Å². The average Bonchev–Trinajstić information content (AvgIpc) is 3.22. The summed E-state index contributed by atoms with van der Waals surface area (Å²) in [5.74, 6) is 0.369. The third-order valence-electron chi connectivity index (χ3n) is 6.81. The molecule has 0 radical (unpaired) electrons. The van der Waals surface area contributed by atoms with Gasteiger partial charge in [0.2, 0.25) is 0 Å². The molecule has 2 atom stereocenters. The molecule has 7 heteroatoms. The van der Waals surface area contributed by atoms with Crippen LogP contribution in [0.15, 0.2) is 48.5 Å². The van der Waals surface area contributed by atoms with E-state index in [-0.39, 0.29) is 18.0 Å². The zero-order chi connectivity index (χ0) is 23.3. The molecule has 3 heterocycles. The number of amides is 3. The van der Waals surface area contributed by atoms with Crippen LogP contribution in [0.25, 0.3) is 10.9 Å². The van der Waals surface area contributed by atoms with Crippen molar-refractivity contribution in [2.45, 2.75) is 38.8 Å². The van der Waals surface area contributed by atoms with Crippen molar-refractivity contribution in [1.82, 2.24) is 20.1 Å². The molecule has 0 spiro atoms. The molecule has 0 aliphatic carbocycles. The van der Waals surface area contributed by atoms with Crippen molar-refractivity contribution in [3.63, 3.8) is 0 Å². The lowest BCUT2D eigenvalue weighted by Gasteiger charge is -2.42. The summed E-state index contributed by atoms with van der Waals surface area (Å²) in [6.45, 7) is 7.96. The Morgan fingerprint density at radius 2 is 1.94 bits per heavy atom. The number of carbonyl (C=O) groups is 2. The molecular weight excluding hydrogens is 436 g/mol. The molecule has 2 aromatic carbocycles. The van der Waals surface area contributed by atoms with Crippen LogP contribution >= 0.6 is 11.6 Å². The molecule has 0 unspecified atom stereocenters. The van der Waals surface area contributed by atoms with Crippen molar-refractivity contribution in [2.24, 2.45) is 5.92 Å². The maximum atomic E-state index is 13.7. The Morgan fingerprint density at radius 3 is 2.67 bits per heavy atom. The maximum Gasteiger partial charge on any atom is 0.328 e. The second kappa shape index (κ2) is 8.19. The fraction of sp³-hybridized carbons (Fsp3) is 0.385. The number of rotatable bonds is 6. The third kappa shape index (κ3) is 3.52. The number of urea groups is 1. The molecule has 5 rings (SSSR count). The van der Waals surface area contributed by atoms with Crippen LogP contribution in [0.4, 0.5) is 4.79 Å². The normalized spacial score (nSPS) is 22.4. The highest BCUT2D eigenvalue weighted by Crippen LogP contribution is 2.48. The quantitative estimate of drug-likeness (QED) is 0.409. The van der Waals surface area contributed by atoms with Gasteiger partial charge in [-0.25, -0.2) is 4.79 Å². The standard InChI is InChI=1S/C26H29ClN4O2/c1-16(2)15-28-11-12-30-24(32)26(3)14-20-19-13-18(27)9-10-21(19)29-22(20)23(31(26)25(30)33)17-7-5-4-6-8-17/h4-10,13,16,23,28-29H,11-12,14-15H2,1-3H3/t23-,26+/m1/s1. The van der Waals surface area contributed by atoms with Gasteiger partial charge in [-0.3, -0.25) is 14.6 Å². The number of benzene rings is 2. The van der Waals surface area contributed by atoms with E-state index in [9.17, 15) is 9.59 Å². The monoisotopic (exact) mass is 464 g/mol. The van der Waals surface area contributed by atoms with Crippen molar-refractivity contribution < 1.29 is 9.59 Å². The second-order valence-electron chi connectivity index (χ2n) is 9.68. The zero-order valence-electron chi connectivity index (χ0n) is 19.2. The highest BCUT2D eigenvalue weighted by molar-refractivity contribution is 6.31. The molecule has 3 aromatic rings. The van der Waals surface area contributed by atoms with E-state index in [0.717, 1.165) is 34.3 Å². The maximum absolute atomic E-state index is 13.7. The zero-order valence-corrected chi connectivity index (χ0v) is 19.9. The van der Waals surface area contributed by atoms with Gasteiger partial charge in [0.15, 0.2) is 0 Å². The number of aromatic nitrogens is 1. The van der Waals surface area contributed by atoms with Gasteiger partial charge in [-0.15, -0.1) is 0 Å². The van der Waals surface area contributed by atoms with Crippen LogP contribution in [0.5, 0.6) is 0 Å². The number of carbonyl (C=O) groups excluding carboxylic acids is 2. The van der Waals surface area contributed by atoms with E-state index in [4.69, 9.17) is 11.6 Å². The van der Waals surface area contributed by atoms with Crippen LogP contribution < -0.4 is 5.32 Å². The average molecular weight is 465 g/mol. The predicted octanol–water partition coefficient (Wildman–Crippen LogP) is 4.74. The largest absolute Gasteiger partial charge is 0.356 e. The minimum absolute atomic E-state index is 0.137. The molecule has 1 aromatic heterocycles. The number of nitrogens with zero attached hydrogens (tertiary/aromatic N) is 2. The first-order chi connectivity index (χ1) is 15.8. The minimum Gasteiger partial charge on any atom is -0.356 e. The molecule has 33 heavy (non-hydrogen) atoms. The number of nitrogens with one attached hydrogen (secondary N) is 2. The fourth-order valence-electron chi connectivity index (χ4n) is 5.25. The van der Waals surface area contributed by atoms with Crippen molar-refractivity contribution in [3.8, 4) is 0 Å². The highest BCUT2D eigenvalue weighted by atomic mass is 35.5. The molecule has 172 valence electrons. The molecule has 6 nitrogen and oxygen atoms in total. The summed E-state index contributed by atoms with van der Waals surface area (Å²) < 4.78 is 0. The summed E-state index contributed by atoms with van der Waals surface area (Å²) in [7, 11) is 0. The van der Waals surface area contributed by atoms with Gasteiger partial charge < -0.3 is 10.3 Å². The molecule has 2 aliphatic heterocycles. The summed E-state index contributed by atoms with van der Waals surface area (Å²) in [5.41, 5.74) is 2.99. The summed E-state index contributed by atoms with van der Waals surface area (Å²) >= 11 is 6.33. The van der Waals surface area contributed by atoms with Crippen LogP contribution in [0, 0.1) is 5.92 Å². The van der Waals surface area contributed by atoms with Crippen molar-refractivity contribution in [1.29, 1.82) is 0 Å². The number of imide groups is 1. The molecule has 1 saturated heterocycles. The van der Waals surface area contributed by atoms with E-state index in [2.05, 4.69) is 24.1 Å². The summed E-state index contributed by atoms with van der Waals surface area (Å²) in [6.07, 6.45) is 0.451. The number of aromatic amines is 1. The molecule has 0 saturated carbocycles. The van der Waals surface area contributed by atoms with Gasteiger partial charge in [0.1, 0.15) is 11.6 Å². The molecule has 1 fully saturated rings. The lowest BCUT2D eigenvalue weighted by Crippen LogP contribution is -2.53. The van der Waals surface area contributed by atoms with Crippen LogP contribution in [-0.2, 0) is 11.2 Å². The van der Waals surface area contributed by atoms with Gasteiger partial charge in [0.05, 0.1) is 0 Å². The van der Waals surface area contributed by atoms with Crippen molar-refractivity contribution in [3.05, 3.63) is 70.4 Å². The van der Waals surface area contributed by atoms with E-state index in [1.54, 1.807) is 4.90 Å². The number of hydrogen-bond acceptors (Lipinski definition) is 3. The summed E-state index contributed by atoms with van der Waals surface area (Å²) in [5, 5.41) is 5.01. The number of H-pyrrole nitrogens is 1. The first kappa shape index (κ1) is 22.0. The lowest BCUT2D eigenvalue weighted by atomic mass is 9.81. The second-order valence-corrected chi connectivity index (χ2v) is 10.1. The molecule has 2 N–H and O–H groups in total. The Hall–Kier alpha value is -2.83. The van der Waals surface area contributed by atoms with E-state index >= 15 is 0 Å². The summed E-state index contributed by atoms with van der Waals surface area (Å²) in [4.78, 5) is 34.2. The highest BCUT2D eigenvalue weighted by Gasteiger charge is 2.59. The Labute approximate surface area is 198 Å². The van der Waals surface area contributed by atoms with Crippen molar-refractivity contribution >= 4 is 34.4 Å². The Bertz CT molecular complexity index is 1220. The first-order valence-corrected chi connectivity index (χ1v) is 11.9. The number of fused-ring (bicyclic) bond motifs is 4. The van der Waals surface area contributed by atoms with Crippen LogP contribution in [0.1, 0.15) is 43.6 Å². The van der Waals surface area contributed by atoms with E-state index in [0.29, 0.717) is 30.5 Å². The van der Waals surface area contributed by atoms with Crippen molar-refractivity contribution in [2.75, 3.05) is 19.6 Å². The molecule has 0 bridgehead atoms. The Kier molecular flexibility index (Phi) is 5.46. The van der Waals surface area contributed by atoms with Crippen LogP contribution in [0.3, 0.4) is 0 Å². The number of halogens is 1. The third-order valence-corrected chi connectivity index (χ3v) is 7.04.